The highest BCUT2D eigenvalue weighted by Crippen LogP contribution is 2.44. The lowest BCUT2D eigenvalue weighted by Gasteiger charge is -2.25. The number of terminal acetylenes is 1. The predicted octanol–water partition coefficient (Wildman–Crippen LogP) is 4.71. The first kappa shape index (κ1) is 19.2. The van der Waals surface area contributed by atoms with Gasteiger partial charge in [0.15, 0.2) is 4.80 Å². The van der Waals surface area contributed by atoms with E-state index in [1.165, 1.54) is 11.3 Å². The molecular weight excluding hydrogens is 408 g/mol. The first-order chi connectivity index (χ1) is 15.2. The Kier molecular flexibility index (Phi) is 4.81. The van der Waals surface area contributed by atoms with Gasteiger partial charge in [-0.15, -0.1) is 6.42 Å². The molecule has 0 saturated carbocycles. The van der Waals surface area contributed by atoms with Gasteiger partial charge in [-0.25, -0.2) is 0 Å². The lowest BCUT2D eigenvalue weighted by atomic mass is 9.87. The molecule has 5 rings (SSSR count). The minimum atomic E-state index is -0.541. The maximum Gasteiger partial charge on any atom is 0.260 e. The number of hydrogen-bond acceptors (Lipinski definition) is 4. The number of aromatic nitrogens is 1. The van der Waals surface area contributed by atoms with Crippen molar-refractivity contribution in [1.82, 2.24) is 4.57 Å². The number of carbonyl (C=O) groups excluding carboxylic acids is 1. The smallest absolute Gasteiger partial charge is 0.260 e. The van der Waals surface area contributed by atoms with E-state index < -0.39 is 5.92 Å². The van der Waals surface area contributed by atoms with E-state index in [0.29, 0.717) is 22.8 Å². The van der Waals surface area contributed by atoms with Gasteiger partial charge in [0.1, 0.15) is 17.2 Å². The van der Waals surface area contributed by atoms with E-state index >= 15 is 0 Å². The van der Waals surface area contributed by atoms with Gasteiger partial charge in [0.25, 0.3) is 5.91 Å². The van der Waals surface area contributed by atoms with Gasteiger partial charge >= 0.3 is 0 Å². The summed E-state index contributed by atoms with van der Waals surface area (Å²) in [7, 11) is 1.62. The van der Waals surface area contributed by atoms with Crippen LogP contribution in [0.5, 0.6) is 17.2 Å². The molecule has 2 heterocycles. The summed E-state index contributed by atoms with van der Waals surface area (Å²) in [5, 5.41) is 0. The van der Waals surface area contributed by atoms with Crippen LogP contribution in [-0.4, -0.2) is 17.6 Å². The molecule has 1 amide bonds. The number of hydrogen-bond donors (Lipinski definition) is 0. The van der Waals surface area contributed by atoms with Crippen molar-refractivity contribution in [3.05, 3.63) is 82.7 Å². The van der Waals surface area contributed by atoms with Crippen LogP contribution in [0.25, 0.3) is 10.2 Å². The van der Waals surface area contributed by atoms with Crippen molar-refractivity contribution in [3.8, 4) is 29.6 Å². The normalized spacial score (nSPS) is 13.2. The fourth-order valence-corrected chi connectivity index (χ4v) is 4.91. The highest BCUT2D eigenvalue weighted by atomic mass is 32.1. The molecule has 31 heavy (non-hydrogen) atoms. The molecule has 5 nitrogen and oxygen atoms in total. The molecule has 0 fully saturated rings. The number of fused-ring (bicyclic) bond motifs is 3. The summed E-state index contributed by atoms with van der Waals surface area (Å²) in [5.74, 6) is 3.95. The maximum absolute atomic E-state index is 13.5. The molecule has 0 N–H and O–H groups in total. The molecular formula is C25H18N2O3S. The van der Waals surface area contributed by atoms with Gasteiger partial charge in [-0.3, -0.25) is 4.79 Å². The van der Waals surface area contributed by atoms with Crippen LogP contribution in [0, 0.1) is 12.3 Å². The Bertz CT molecular complexity index is 1380. The summed E-state index contributed by atoms with van der Waals surface area (Å²) in [5.41, 5.74) is 2.53. The second-order valence-electron chi connectivity index (χ2n) is 7.07. The molecule has 1 aromatic heterocycles. The lowest BCUT2D eigenvalue weighted by molar-refractivity contribution is -0.118. The summed E-state index contributed by atoms with van der Waals surface area (Å²) < 4.78 is 14.2. The Morgan fingerprint density at radius 2 is 1.81 bits per heavy atom. The van der Waals surface area contributed by atoms with Gasteiger partial charge in [-0.1, -0.05) is 53.7 Å². The number of para-hydroxylation sites is 2. The Balaban J connectivity index is 1.68. The van der Waals surface area contributed by atoms with Crippen molar-refractivity contribution in [2.75, 3.05) is 7.11 Å². The van der Waals surface area contributed by atoms with Crippen molar-refractivity contribution in [2.24, 2.45) is 4.99 Å². The summed E-state index contributed by atoms with van der Waals surface area (Å²) >= 11 is 1.42. The van der Waals surface area contributed by atoms with E-state index in [-0.39, 0.29) is 5.91 Å². The SMILES string of the molecule is C#CCn1c(=NC(=O)C2c3ccccc3Oc3ccccc32)sc2cc(OC)ccc21. The number of thiazole rings is 1. The van der Waals surface area contributed by atoms with Gasteiger partial charge in [0.05, 0.1) is 29.8 Å². The molecule has 0 aliphatic carbocycles. The fraction of sp³-hybridized carbons (Fsp3) is 0.120. The van der Waals surface area contributed by atoms with E-state index in [1.54, 1.807) is 7.11 Å². The van der Waals surface area contributed by atoms with E-state index in [9.17, 15) is 4.79 Å². The Morgan fingerprint density at radius 1 is 1.13 bits per heavy atom. The number of methoxy groups -OCH3 is 1. The predicted molar refractivity (Wildman–Crippen MR) is 121 cm³/mol. The Morgan fingerprint density at radius 3 is 2.45 bits per heavy atom. The van der Waals surface area contributed by atoms with E-state index in [2.05, 4.69) is 10.9 Å². The van der Waals surface area contributed by atoms with Gasteiger partial charge < -0.3 is 14.0 Å². The average molecular weight is 426 g/mol. The minimum Gasteiger partial charge on any atom is -0.497 e. The van der Waals surface area contributed by atoms with Crippen LogP contribution >= 0.6 is 11.3 Å². The third-order valence-corrected chi connectivity index (χ3v) is 6.31. The molecule has 152 valence electrons. The van der Waals surface area contributed by atoms with Crippen LogP contribution < -0.4 is 14.3 Å². The van der Waals surface area contributed by atoms with Gasteiger partial charge in [0.2, 0.25) is 0 Å². The van der Waals surface area contributed by atoms with Crippen LogP contribution in [-0.2, 0) is 11.3 Å². The molecule has 0 radical (unpaired) electrons. The van der Waals surface area contributed by atoms with Crippen molar-refractivity contribution in [3.63, 3.8) is 0 Å². The second-order valence-corrected chi connectivity index (χ2v) is 8.08. The van der Waals surface area contributed by atoms with Crippen LogP contribution in [0.2, 0.25) is 0 Å². The largest absolute Gasteiger partial charge is 0.497 e. The molecule has 1 aliphatic rings. The van der Waals surface area contributed by atoms with Gasteiger partial charge in [-0.05, 0) is 30.3 Å². The zero-order valence-electron chi connectivity index (χ0n) is 16.7. The van der Waals surface area contributed by atoms with Gasteiger partial charge in [-0.2, -0.15) is 4.99 Å². The number of nitrogens with zero attached hydrogens (tertiary/aromatic N) is 2. The first-order valence-electron chi connectivity index (χ1n) is 9.74. The van der Waals surface area contributed by atoms with Crippen molar-refractivity contribution >= 4 is 27.5 Å². The summed E-state index contributed by atoms with van der Waals surface area (Å²) in [6.45, 7) is 0.319. The molecule has 3 aromatic carbocycles. The zero-order chi connectivity index (χ0) is 21.4. The molecule has 6 heteroatoms. The summed E-state index contributed by atoms with van der Waals surface area (Å²) in [6, 6.07) is 20.9. The summed E-state index contributed by atoms with van der Waals surface area (Å²) in [4.78, 5) is 18.6. The summed E-state index contributed by atoms with van der Waals surface area (Å²) in [6.07, 6.45) is 5.60. The third-order valence-electron chi connectivity index (χ3n) is 5.27. The molecule has 0 spiro atoms. The van der Waals surface area contributed by atoms with Crippen LogP contribution in [0.4, 0.5) is 0 Å². The van der Waals surface area contributed by atoms with E-state index in [1.807, 2.05) is 71.3 Å². The molecule has 1 aliphatic heterocycles. The highest BCUT2D eigenvalue weighted by molar-refractivity contribution is 7.16. The molecule has 4 aromatic rings. The monoisotopic (exact) mass is 426 g/mol. The number of amides is 1. The molecule has 0 unspecified atom stereocenters. The Hall–Kier alpha value is -3.82. The maximum atomic E-state index is 13.5. The zero-order valence-corrected chi connectivity index (χ0v) is 17.6. The number of carbonyl (C=O) groups is 1. The molecule has 0 saturated heterocycles. The highest BCUT2D eigenvalue weighted by Gasteiger charge is 2.32. The topological polar surface area (TPSA) is 52.8 Å². The average Bonchev–Trinajstić information content (AvgIpc) is 3.13. The van der Waals surface area contributed by atoms with E-state index in [0.717, 1.165) is 27.1 Å². The van der Waals surface area contributed by atoms with Crippen molar-refractivity contribution in [2.45, 2.75) is 12.5 Å². The number of rotatable bonds is 3. The van der Waals surface area contributed by atoms with Gasteiger partial charge in [0, 0.05) is 11.1 Å². The first-order valence-corrected chi connectivity index (χ1v) is 10.6. The number of benzene rings is 3. The van der Waals surface area contributed by atoms with Crippen LogP contribution in [0.3, 0.4) is 0 Å². The number of ether oxygens (including phenoxy) is 2. The minimum absolute atomic E-state index is 0.257. The van der Waals surface area contributed by atoms with E-state index in [4.69, 9.17) is 15.9 Å². The van der Waals surface area contributed by atoms with Crippen molar-refractivity contribution in [1.29, 1.82) is 0 Å². The second kappa shape index (κ2) is 7.78. The molecule has 0 atom stereocenters. The fourth-order valence-electron chi connectivity index (χ4n) is 3.84. The quantitative estimate of drug-likeness (QED) is 0.446. The lowest BCUT2D eigenvalue weighted by Crippen LogP contribution is -2.22. The van der Waals surface area contributed by atoms with Crippen LogP contribution in [0.1, 0.15) is 17.0 Å². The van der Waals surface area contributed by atoms with Crippen molar-refractivity contribution < 1.29 is 14.3 Å². The standard InChI is InChI=1S/C25H18N2O3S/c1-3-14-27-19-13-12-16(29-2)15-22(19)31-25(27)26-24(28)23-17-8-4-6-10-20(17)30-21-11-7-5-9-18(21)23/h1,4-13,15,23H,14H2,2H3. The third kappa shape index (κ3) is 3.29. The Labute approximate surface area is 183 Å². The molecule has 0 bridgehead atoms. The van der Waals surface area contributed by atoms with Crippen LogP contribution in [0.15, 0.2) is 71.7 Å².